The van der Waals surface area contributed by atoms with E-state index >= 15 is 0 Å². The first-order chi connectivity index (χ1) is 18.9. The lowest BCUT2D eigenvalue weighted by atomic mass is 9.85. The maximum absolute atomic E-state index is 13.7. The number of nitrogens with zero attached hydrogens (tertiary/aromatic N) is 2. The van der Waals surface area contributed by atoms with Crippen LogP contribution in [0, 0.1) is 16.7 Å². The molecule has 3 amide bonds. The number of ether oxygens (including phenoxy) is 1. The van der Waals surface area contributed by atoms with Gasteiger partial charge in [0.05, 0.1) is 37.5 Å². The van der Waals surface area contributed by atoms with E-state index in [4.69, 9.17) is 5.26 Å². The van der Waals surface area contributed by atoms with Crippen LogP contribution in [0.3, 0.4) is 0 Å². The van der Waals surface area contributed by atoms with Crippen LogP contribution in [0.25, 0.3) is 0 Å². The minimum atomic E-state index is -0.980. The molecule has 1 aromatic carbocycles. The van der Waals surface area contributed by atoms with Crippen molar-refractivity contribution in [2.45, 2.75) is 89.9 Å². The number of unbranched alkanes of at least 4 members (excludes halogenated alkanes) is 3. The third kappa shape index (κ3) is 9.61. The Kier molecular flexibility index (Phi) is 12.5. The Bertz CT molecular complexity index is 1060. The number of carbonyl (C=O) groups is 4. The van der Waals surface area contributed by atoms with Gasteiger partial charge in [0.1, 0.15) is 12.1 Å². The van der Waals surface area contributed by atoms with Gasteiger partial charge < -0.3 is 30.5 Å². The van der Waals surface area contributed by atoms with Gasteiger partial charge in [-0.3, -0.25) is 19.2 Å². The topological polar surface area (TPSA) is 169 Å². The molecule has 4 N–H and O–H groups in total. The second kappa shape index (κ2) is 15.3. The molecular formula is C29H42N4O7. The number of methoxy groups -OCH3 is 1. The molecule has 1 aliphatic rings. The normalized spacial score (nSPS) is 18.4. The van der Waals surface area contributed by atoms with Crippen LogP contribution >= 0.6 is 0 Å². The molecule has 0 aromatic heterocycles. The number of esters is 1. The number of aliphatic hydroxyl groups is 2. The fraction of sp³-hybridized carbons (Fsp3) is 0.621. The number of nitrogens with one attached hydrogen (secondary N) is 2. The number of amides is 3. The fourth-order valence-electron chi connectivity index (χ4n) is 4.66. The molecule has 1 fully saturated rings. The van der Waals surface area contributed by atoms with Crippen molar-refractivity contribution in [2.24, 2.45) is 5.41 Å². The highest BCUT2D eigenvalue weighted by Crippen LogP contribution is 2.27. The van der Waals surface area contributed by atoms with E-state index in [-0.39, 0.29) is 31.3 Å². The average Bonchev–Trinajstić information content (AvgIpc) is 3.32. The molecule has 40 heavy (non-hydrogen) atoms. The highest BCUT2D eigenvalue weighted by molar-refractivity contribution is 5.93. The Morgan fingerprint density at radius 3 is 2.25 bits per heavy atom. The summed E-state index contributed by atoms with van der Waals surface area (Å²) in [6.45, 7) is 5.00. The van der Waals surface area contributed by atoms with E-state index in [1.807, 2.05) is 26.8 Å². The van der Waals surface area contributed by atoms with Gasteiger partial charge >= 0.3 is 5.97 Å². The van der Waals surface area contributed by atoms with Crippen LogP contribution in [-0.2, 0) is 23.9 Å². The maximum Gasteiger partial charge on any atom is 0.305 e. The van der Waals surface area contributed by atoms with E-state index in [0.29, 0.717) is 30.4 Å². The van der Waals surface area contributed by atoms with Crippen LogP contribution in [-0.4, -0.2) is 77.3 Å². The second-order valence-corrected chi connectivity index (χ2v) is 11.2. The van der Waals surface area contributed by atoms with Gasteiger partial charge in [0, 0.05) is 25.8 Å². The first-order valence-corrected chi connectivity index (χ1v) is 13.7. The molecule has 0 saturated carbocycles. The molecular weight excluding hydrogens is 516 g/mol. The molecule has 11 nitrogen and oxygen atoms in total. The molecule has 1 heterocycles. The van der Waals surface area contributed by atoms with Crippen molar-refractivity contribution < 1.29 is 34.1 Å². The average molecular weight is 559 g/mol. The summed E-state index contributed by atoms with van der Waals surface area (Å²) in [5.41, 5.74) is 0.366. The minimum Gasteiger partial charge on any atom is -0.469 e. The molecule has 1 saturated heterocycles. The number of likely N-dealkylation sites (tertiary alicyclic amines) is 1. The summed E-state index contributed by atoms with van der Waals surface area (Å²) in [6.07, 6.45) is 2.49. The SMILES string of the molecule is COC(=O)CCCCCCC(=O)N[C@H](C(=O)N1C[C@H](O)C[C@H]1C(=O)N[C@@H](CO)c1ccc(C#N)cc1)C(C)(C)C. The number of β-amino-alcohol motifs (C(OH)–C–C–N with tert-alkyl or cyclic N) is 1. The van der Waals surface area contributed by atoms with E-state index in [2.05, 4.69) is 15.4 Å². The number of carbonyl (C=O) groups excluding carboxylic acids is 4. The minimum absolute atomic E-state index is 0.0273. The number of hydrogen-bond acceptors (Lipinski definition) is 8. The van der Waals surface area contributed by atoms with Crippen LogP contribution in [0.4, 0.5) is 0 Å². The smallest absolute Gasteiger partial charge is 0.305 e. The van der Waals surface area contributed by atoms with Crippen LogP contribution in [0.15, 0.2) is 24.3 Å². The molecule has 2 rings (SSSR count). The Hall–Kier alpha value is -3.49. The van der Waals surface area contributed by atoms with Crippen molar-refractivity contribution in [3.05, 3.63) is 35.4 Å². The zero-order valence-corrected chi connectivity index (χ0v) is 23.8. The zero-order valence-electron chi connectivity index (χ0n) is 23.8. The molecule has 220 valence electrons. The van der Waals surface area contributed by atoms with Gasteiger partial charge in [0.2, 0.25) is 17.7 Å². The Morgan fingerprint density at radius 2 is 1.70 bits per heavy atom. The van der Waals surface area contributed by atoms with Crippen molar-refractivity contribution in [1.29, 1.82) is 5.26 Å². The summed E-state index contributed by atoms with van der Waals surface area (Å²) in [7, 11) is 1.35. The van der Waals surface area contributed by atoms with Gasteiger partial charge in [-0.1, -0.05) is 45.7 Å². The molecule has 0 radical (unpaired) electrons. The Morgan fingerprint density at radius 1 is 1.07 bits per heavy atom. The third-order valence-electron chi connectivity index (χ3n) is 6.99. The van der Waals surface area contributed by atoms with Crippen LogP contribution < -0.4 is 10.6 Å². The monoisotopic (exact) mass is 558 g/mol. The lowest BCUT2D eigenvalue weighted by Crippen LogP contribution is -2.58. The lowest BCUT2D eigenvalue weighted by molar-refractivity contribution is -0.144. The fourth-order valence-corrected chi connectivity index (χ4v) is 4.66. The largest absolute Gasteiger partial charge is 0.469 e. The third-order valence-corrected chi connectivity index (χ3v) is 6.99. The molecule has 1 aromatic rings. The van der Waals surface area contributed by atoms with E-state index in [1.54, 1.807) is 24.3 Å². The summed E-state index contributed by atoms with van der Waals surface area (Å²) < 4.78 is 4.62. The van der Waals surface area contributed by atoms with Gasteiger partial charge in [0.25, 0.3) is 0 Å². The first kappa shape index (κ1) is 32.7. The number of hydrogen-bond donors (Lipinski definition) is 4. The molecule has 0 bridgehead atoms. The second-order valence-electron chi connectivity index (χ2n) is 11.2. The van der Waals surface area contributed by atoms with E-state index in [9.17, 15) is 29.4 Å². The van der Waals surface area contributed by atoms with Gasteiger partial charge in [-0.15, -0.1) is 0 Å². The predicted molar refractivity (Wildman–Crippen MR) is 146 cm³/mol. The molecule has 11 heteroatoms. The summed E-state index contributed by atoms with van der Waals surface area (Å²) in [6, 6.07) is 5.78. The van der Waals surface area contributed by atoms with Crippen LogP contribution in [0.1, 0.15) is 82.9 Å². The lowest BCUT2D eigenvalue weighted by Gasteiger charge is -2.35. The highest BCUT2D eigenvalue weighted by atomic mass is 16.5. The zero-order chi connectivity index (χ0) is 29.9. The highest BCUT2D eigenvalue weighted by Gasteiger charge is 2.44. The van der Waals surface area contributed by atoms with E-state index < -0.39 is 48.1 Å². The van der Waals surface area contributed by atoms with Crippen molar-refractivity contribution >= 4 is 23.7 Å². The molecule has 0 spiro atoms. The van der Waals surface area contributed by atoms with E-state index in [0.717, 1.165) is 12.8 Å². The predicted octanol–water partition coefficient (Wildman–Crippen LogP) is 1.71. The molecule has 4 atom stereocenters. The number of benzene rings is 1. The summed E-state index contributed by atoms with van der Waals surface area (Å²) in [4.78, 5) is 52.2. The van der Waals surface area contributed by atoms with Crippen LogP contribution in [0.2, 0.25) is 0 Å². The Balaban J connectivity index is 2.04. The van der Waals surface area contributed by atoms with Gasteiger partial charge in [0.15, 0.2) is 0 Å². The van der Waals surface area contributed by atoms with Crippen molar-refractivity contribution in [2.75, 3.05) is 20.3 Å². The molecule has 0 unspecified atom stereocenters. The van der Waals surface area contributed by atoms with Gasteiger partial charge in [-0.05, 0) is 36.0 Å². The summed E-state index contributed by atoms with van der Waals surface area (Å²) in [5, 5.41) is 34.8. The quantitative estimate of drug-likeness (QED) is 0.209. The number of aliphatic hydroxyl groups excluding tert-OH is 2. The number of rotatable bonds is 13. The van der Waals surface area contributed by atoms with Crippen molar-refractivity contribution in [3.8, 4) is 6.07 Å². The van der Waals surface area contributed by atoms with Crippen molar-refractivity contribution in [3.63, 3.8) is 0 Å². The maximum atomic E-state index is 13.7. The standard InChI is InChI=1S/C29H42N4O7/c1-29(2,3)26(32-24(36)9-7-5-6-8-10-25(37)40-4)28(39)33-17-21(35)15-23(33)27(38)31-22(18-34)20-13-11-19(16-30)12-14-20/h11-14,21-23,26,34-35H,5-10,15,17-18H2,1-4H3,(H,31,38)(H,32,36)/t21-,22+,23+,26-/m1/s1. The summed E-state index contributed by atoms with van der Waals surface area (Å²) >= 11 is 0. The number of nitriles is 1. The summed E-state index contributed by atoms with van der Waals surface area (Å²) in [5.74, 6) is -1.54. The van der Waals surface area contributed by atoms with E-state index in [1.165, 1.54) is 12.0 Å². The molecule has 1 aliphatic heterocycles. The van der Waals surface area contributed by atoms with Crippen LogP contribution in [0.5, 0.6) is 0 Å². The van der Waals surface area contributed by atoms with Gasteiger partial charge in [-0.2, -0.15) is 5.26 Å². The van der Waals surface area contributed by atoms with Crippen molar-refractivity contribution in [1.82, 2.24) is 15.5 Å². The Labute approximate surface area is 235 Å². The van der Waals surface area contributed by atoms with Gasteiger partial charge in [-0.25, -0.2) is 0 Å². The first-order valence-electron chi connectivity index (χ1n) is 13.7. The molecule has 0 aliphatic carbocycles.